The van der Waals surface area contributed by atoms with E-state index in [1.807, 2.05) is 0 Å². The summed E-state index contributed by atoms with van der Waals surface area (Å²) in [5, 5.41) is 9.02. The number of alkyl halides is 3. The van der Waals surface area contributed by atoms with E-state index in [-0.39, 0.29) is 12.4 Å². The van der Waals surface area contributed by atoms with Gasteiger partial charge in [0, 0.05) is 22.0 Å². The van der Waals surface area contributed by atoms with Crippen LogP contribution in [-0.4, -0.2) is 32.5 Å². The Labute approximate surface area is 143 Å². The molecule has 0 amide bonds. The van der Waals surface area contributed by atoms with Gasteiger partial charge in [0.1, 0.15) is 0 Å². The SMILES string of the molecule is CCOC(=O)c1cnn(Cc2cc(-c3noc(C(F)(F)F)n3)cs2)c1. The highest BCUT2D eigenvalue weighted by atomic mass is 32.1. The molecular weight excluding hydrogens is 361 g/mol. The van der Waals surface area contributed by atoms with Crippen molar-refractivity contribution in [2.24, 2.45) is 0 Å². The fourth-order valence-electron chi connectivity index (χ4n) is 1.97. The lowest BCUT2D eigenvalue weighted by Crippen LogP contribution is -2.04. The molecule has 0 saturated heterocycles. The third-order valence-electron chi connectivity index (χ3n) is 3.04. The first-order chi connectivity index (χ1) is 11.9. The molecule has 0 aliphatic carbocycles. The van der Waals surface area contributed by atoms with Gasteiger partial charge in [-0.2, -0.15) is 23.3 Å². The molecule has 3 rings (SSSR count). The van der Waals surface area contributed by atoms with Crippen molar-refractivity contribution in [1.82, 2.24) is 19.9 Å². The summed E-state index contributed by atoms with van der Waals surface area (Å²) >= 11 is 1.30. The van der Waals surface area contributed by atoms with Crippen LogP contribution >= 0.6 is 11.3 Å². The first kappa shape index (κ1) is 17.1. The van der Waals surface area contributed by atoms with Crippen molar-refractivity contribution in [3.05, 3.63) is 40.2 Å². The first-order valence-electron chi connectivity index (χ1n) is 7.05. The van der Waals surface area contributed by atoms with Gasteiger partial charge in [-0.25, -0.2) is 4.79 Å². The van der Waals surface area contributed by atoms with E-state index in [2.05, 4.69) is 19.8 Å². The molecule has 7 nitrogen and oxygen atoms in total. The molecule has 0 aliphatic heterocycles. The zero-order valence-corrected chi connectivity index (χ0v) is 13.6. The van der Waals surface area contributed by atoms with Gasteiger partial charge in [0.05, 0.1) is 24.9 Å². The second-order valence-corrected chi connectivity index (χ2v) is 5.87. The number of nitrogens with zero attached hydrogens (tertiary/aromatic N) is 4. The Balaban J connectivity index is 1.72. The zero-order chi connectivity index (χ0) is 18.0. The summed E-state index contributed by atoms with van der Waals surface area (Å²) in [6.45, 7) is 2.31. The van der Waals surface area contributed by atoms with Crippen LogP contribution in [0.2, 0.25) is 0 Å². The minimum absolute atomic E-state index is 0.137. The van der Waals surface area contributed by atoms with Crippen molar-refractivity contribution in [1.29, 1.82) is 0 Å². The van der Waals surface area contributed by atoms with Gasteiger partial charge in [-0.3, -0.25) is 4.68 Å². The van der Waals surface area contributed by atoms with Crippen molar-refractivity contribution in [2.45, 2.75) is 19.6 Å². The summed E-state index contributed by atoms with van der Waals surface area (Å²) in [5.41, 5.74) is 0.739. The number of esters is 1. The summed E-state index contributed by atoms with van der Waals surface area (Å²) in [7, 11) is 0. The van der Waals surface area contributed by atoms with E-state index in [1.54, 1.807) is 18.4 Å². The second-order valence-electron chi connectivity index (χ2n) is 4.87. The zero-order valence-electron chi connectivity index (χ0n) is 12.8. The van der Waals surface area contributed by atoms with E-state index in [4.69, 9.17) is 4.74 Å². The van der Waals surface area contributed by atoms with E-state index in [9.17, 15) is 18.0 Å². The molecule has 0 aliphatic rings. The van der Waals surface area contributed by atoms with E-state index in [1.165, 1.54) is 28.4 Å². The maximum absolute atomic E-state index is 12.5. The van der Waals surface area contributed by atoms with Gasteiger partial charge in [-0.1, -0.05) is 5.16 Å². The van der Waals surface area contributed by atoms with Crippen LogP contribution in [0.15, 0.2) is 28.4 Å². The third-order valence-corrected chi connectivity index (χ3v) is 3.96. The molecule has 0 saturated carbocycles. The van der Waals surface area contributed by atoms with Gasteiger partial charge >= 0.3 is 18.0 Å². The number of halogens is 3. The molecule has 3 heterocycles. The molecule has 0 aromatic carbocycles. The highest BCUT2D eigenvalue weighted by Gasteiger charge is 2.38. The van der Waals surface area contributed by atoms with Gasteiger partial charge < -0.3 is 9.26 Å². The summed E-state index contributed by atoms with van der Waals surface area (Å²) < 4.78 is 48.1. The molecule has 0 bridgehead atoms. The molecule has 3 aromatic heterocycles. The van der Waals surface area contributed by atoms with Crippen LogP contribution in [0, 0.1) is 0 Å². The largest absolute Gasteiger partial charge is 0.471 e. The Morgan fingerprint density at radius 3 is 2.92 bits per heavy atom. The number of thiophene rings is 1. The normalized spacial score (nSPS) is 11.7. The molecule has 0 unspecified atom stereocenters. The smallest absolute Gasteiger partial charge is 0.462 e. The monoisotopic (exact) mass is 372 g/mol. The average Bonchev–Trinajstić information content (AvgIpc) is 3.27. The minimum Gasteiger partial charge on any atom is -0.462 e. The molecule has 0 fully saturated rings. The molecule has 0 spiro atoms. The quantitative estimate of drug-likeness (QED) is 0.640. The Bertz CT molecular complexity index is 884. The number of carbonyl (C=O) groups is 1. The Morgan fingerprint density at radius 1 is 1.44 bits per heavy atom. The molecule has 132 valence electrons. The van der Waals surface area contributed by atoms with Gasteiger partial charge in [-0.15, -0.1) is 11.3 Å². The lowest BCUT2D eigenvalue weighted by molar-refractivity contribution is -0.159. The molecule has 0 radical (unpaired) electrons. The van der Waals surface area contributed by atoms with Crippen LogP contribution in [0.25, 0.3) is 11.4 Å². The molecule has 11 heteroatoms. The van der Waals surface area contributed by atoms with E-state index < -0.39 is 18.0 Å². The van der Waals surface area contributed by atoms with E-state index >= 15 is 0 Å². The summed E-state index contributed by atoms with van der Waals surface area (Å²) in [4.78, 5) is 15.7. The highest BCUT2D eigenvalue weighted by molar-refractivity contribution is 7.10. The minimum atomic E-state index is -4.68. The van der Waals surface area contributed by atoms with Crippen molar-refractivity contribution in [2.75, 3.05) is 6.61 Å². The van der Waals surface area contributed by atoms with Crippen LogP contribution in [0.5, 0.6) is 0 Å². The third kappa shape index (κ3) is 3.87. The Kier molecular flexibility index (Phi) is 4.57. The maximum Gasteiger partial charge on any atom is 0.471 e. The van der Waals surface area contributed by atoms with Crippen LogP contribution in [0.3, 0.4) is 0 Å². The molecular formula is C14H11F3N4O3S. The molecule has 25 heavy (non-hydrogen) atoms. The van der Waals surface area contributed by atoms with Crippen molar-refractivity contribution in [3.8, 4) is 11.4 Å². The maximum atomic E-state index is 12.5. The van der Waals surface area contributed by atoms with Gasteiger partial charge in [0.25, 0.3) is 0 Å². The summed E-state index contributed by atoms with van der Waals surface area (Å²) in [6.07, 6.45) is -1.75. The Hall–Kier alpha value is -2.69. The van der Waals surface area contributed by atoms with Crippen molar-refractivity contribution < 1.29 is 27.2 Å². The number of rotatable bonds is 5. The van der Waals surface area contributed by atoms with Crippen LogP contribution in [-0.2, 0) is 17.5 Å². The lowest BCUT2D eigenvalue weighted by Gasteiger charge is -1.98. The van der Waals surface area contributed by atoms with Crippen molar-refractivity contribution >= 4 is 17.3 Å². The number of hydrogen-bond acceptors (Lipinski definition) is 7. The predicted molar refractivity (Wildman–Crippen MR) is 79.9 cm³/mol. The van der Waals surface area contributed by atoms with Crippen LogP contribution in [0.1, 0.15) is 28.0 Å². The number of carbonyl (C=O) groups excluding carboxylic acids is 1. The molecule has 3 aromatic rings. The van der Waals surface area contributed by atoms with Crippen molar-refractivity contribution in [3.63, 3.8) is 0 Å². The lowest BCUT2D eigenvalue weighted by atomic mass is 10.3. The number of hydrogen-bond donors (Lipinski definition) is 0. The number of ether oxygens (including phenoxy) is 1. The standard InChI is InChI=1S/C14H11F3N4O3S/c1-2-23-12(22)9-4-18-21(5-9)6-10-3-8(7-25-10)11-19-13(24-20-11)14(15,16)17/h3-5,7H,2,6H2,1H3. The Morgan fingerprint density at radius 2 is 2.24 bits per heavy atom. The molecule has 0 atom stereocenters. The number of aromatic nitrogens is 4. The first-order valence-corrected chi connectivity index (χ1v) is 7.93. The fraction of sp³-hybridized carbons (Fsp3) is 0.286. The van der Waals surface area contributed by atoms with Crippen LogP contribution in [0.4, 0.5) is 13.2 Å². The summed E-state index contributed by atoms with van der Waals surface area (Å²) in [6, 6.07) is 1.64. The summed E-state index contributed by atoms with van der Waals surface area (Å²) in [5.74, 6) is -1.99. The van der Waals surface area contributed by atoms with E-state index in [0.29, 0.717) is 17.7 Å². The highest BCUT2D eigenvalue weighted by Crippen LogP contribution is 2.30. The van der Waals surface area contributed by atoms with Gasteiger partial charge in [0.2, 0.25) is 5.82 Å². The molecule has 0 N–H and O–H groups in total. The van der Waals surface area contributed by atoms with Gasteiger partial charge in [-0.05, 0) is 13.0 Å². The predicted octanol–water partition coefficient (Wildman–Crippen LogP) is 3.24. The fourth-order valence-corrected chi connectivity index (χ4v) is 2.82. The second kappa shape index (κ2) is 6.67. The topological polar surface area (TPSA) is 83.0 Å². The van der Waals surface area contributed by atoms with Crippen LogP contribution < -0.4 is 0 Å². The van der Waals surface area contributed by atoms with Gasteiger partial charge in [0.15, 0.2) is 0 Å². The average molecular weight is 372 g/mol. The van der Waals surface area contributed by atoms with E-state index in [0.717, 1.165) is 4.88 Å².